The van der Waals surface area contributed by atoms with Gasteiger partial charge >= 0.3 is 0 Å². The normalized spacial score (nSPS) is 10.2. The number of amides is 1. The molecular weight excluding hydrogens is 248 g/mol. The zero-order chi connectivity index (χ0) is 12.8. The zero-order valence-electron chi connectivity index (χ0n) is 9.22. The minimum Gasteiger partial charge on any atom is -0.288 e. The number of benzene rings is 1. The van der Waals surface area contributed by atoms with Crippen molar-refractivity contribution in [3.8, 4) is 10.6 Å². The molecule has 18 heavy (non-hydrogen) atoms. The molecule has 2 aromatic rings. The molecule has 0 aliphatic carbocycles. The van der Waals surface area contributed by atoms with Gasteiger partial charge in [0.2, 0.25) is 5.91 Å². The fraction of sp³-hybridized carbons (Fsp3) is 0. The maximum absolute atomic E-state index is 11.0. The molecule has 6 heteroatoms. The van der Waals surface area contributed by atoms with E-state index in [0.717, 1.165) is 10.6 Å². The Bertz CT molecular complexity index is 627. The first-order valence-electron chi connectivity index (χ1n) is 5.07. The van der Waals surface area contributed by atoms with Crippen molar-refractivity contribution in [3.63, 3.8) is 0 Å². The Morgan fingerprint density at radius 3 is 2.89 bits per heavy atom. The van der Waals surface area contributed by atoms with Crippen LogP contribution in [0.3, 0.4) is 0 Å². The van der Waals surface area contributed by atoms with E-state index >= 15 is 0 Å². The van der Waals surface area contributed by atoms with Crippen molar-refractivity contribution >= 4 is 23.3 Å². The molecule has 0 unspecified atom stereocenters. The van der Waals surface area contributed by atoms with Crippen LogP contribution in [0.1, 0.15) is 5.69 Å². The Hall–Kier alpha value is -2.43. The lowest BCUT2D eigenvalue weighted by atomic mass is 10.2. The Balaban J connectivity index is 2.16. The van der Waals surface area contributed by atoms with Crippen molar-refractivity contribution < 1.29 is 4.79 Å². The minimum atomic E-state index is -0.633. The van der Waals surface area contributed by atoms with Gasteiger partial charge in [0.1, 0.15) is 5.01 Å². The molecule has 88 valence electrons. The molecule has 0 atom stereocenters. The highest BCUT2D eigenvalue weighted by Gasteiger charge is 2.02. The summed E-state index contributed by atoms with van der Waals surface area (Å²) in [5, 5.41) is 5.65. The van der Waals surface area contributed by atoms with Gasteiger partial charge in [0.25, 0.3) is 0 Å². The van der Waals surface area contributed by atoms with E-state index in [1.54, 1.807) is 0 Å². The number of thiazole rings is 1. The van der Waals surface area contributed by atoms with Crippen LogP contribution in [0.25, 0.3) is 27.1 Å². The highest BCUT2D eigenvalue weighted by Crippen LogP contribution is 2.23. The van der Waals surface area contributed by atoms with Gasteiger partial charge in [0, 0.05) is 15.9 Å². The lowest BCUT2D eigenvalue weighted by molar-refractivity contribution is -0.113. The number of hydrogen-bond donors (Lipinski definition) is 0. The molecule has 0 bridgehead atoms. The predicted molar refractivity (Wildman–Crippen MR) is 70.7 cm³/mol. The maximum Gasteiger partial charge on any atom is 0.242 e. The second-order valence-electron chi connectivity index (χ2n) is 3.30. The van der Waals surface area contributed by atoms with Gasteiger partial charge in [0.05, 0.1) is 5.69 Å². The van der Waals surface area contributed by atoms with Crippen LogP contribution >= 0.6 is 11.3 Å². The van der Waals surface area contributed by atoms with E-state index in [2.05, 4.69) is 15.0 Å². The van der Waals surface area contributed by atoms with Crippen LogP contribution in [0.2, 0.25) is 0 Å². The Morgan fingerprint density at radius 2 is 2.17 bits per heavy atom. The summed E-state index contributed by atoms with van der Waals surface area (Å²) in [6, 6.07) is 9.76. The molecule has 5 nitrogen and oxygen atoms in total. The van der Waals surface area contributed by atoms with E-state index in [1.807, 2.05) is 35.7 Å². The zero-order valence-corrected chi connectivity index (χ0v) is 10.0. The molecule has 0 fully saturated rings. The molecule has 0 aliphatic heterocycles. The van der Waals surface area contributed by atoms with Gasteiger partial charge < -0.3 is 0 Å². The van der Waals surface area contributed by atoms with Crippen molar-refractivity contribution in [2.75, 3.05) is 0 Å². The first-order chi connectivity index (χ1) is 8.79. The number of nitrogens with zero attached hydrogens (tertiary/aromatic N) is 4. The van der Waals surface area contributed by atoms with Gasteiger partial charge in [0.15, 0.2) is 0 Å². The van der Waals surface area contributed by atoms with Crippen LogP contribution in [0.5, 0.6) is 0 Å². The molecule has 1 aromatic heterocycles. The summed E-state index contributed by atoms with van der Waals surface area (Å²) in [6.45, 7) is 0. The van der Waals surface area contributed by atoms with Crippen molar-refractivity contribution in [2.45, 2.75) is 0 Å². The molecule has 1 amide bonds. The number of hydrogen-bond acceptors (Lipinski definition) is 3. The smallest absolute Gasteiger partial charge is 0.242 e. The van der Waals surface area contributed by atoms with Gasteiger partial charge in [-0.25, -0.2) is 4.98 Å². The molecule has 1 aromatic carbocycles. The third kappa shape index (κ3) is 3.04. The van der Waals surface area contributed by atoms with E-state index in [0.29, 0.717) is 5.69 Å². The molecule has 0 N–H and O–H groups in total. The number of azide groups is 1. The second kappa shape index (κ2) is 5.77. The van der Waals surface area contributed by atoms with Gasteiger partial charge in [-0.3, -0.25) is 4.79 Å². The first-order valence-corrected chi connectivity index (χ1v) is 5.95. The standard InChI is InChI=1S/C12H8N4OS/c13-16-15-11(17)7-6-10-8-18-12(14-10)9-4-2-1-3-5-9/h1-8H/b7-6+. The number of rotatable bonds is 3. The molecule has 0 saturated carbocycles. The van der Waals surface area contributed by atoms with Gasteiger partial charge in [-0.05, 0) is 22.8 Å². The van der Waals surface area contributed by atoms with E-state index in [4.69, 9.17) is 5.53 Å². The van der Waals surface area contributed by atoms with Crippen LogP contribution in [-0.2, 0) is 4.79 Å². The third-order valence-electron chi connectivity index (χ3n) is 2.08. The molecule has 0 saturated heterocycles. The summed E-state index contributed by atoms with van der Waals surface area (Å²) in [7, 11) is 0. The fourth-order valence-corrected chi connectivity index (χ4v) is 2.10. The average molecular weight is 256 g/mol. The van der Waals surface area contributed by atoms with Gasteiger partial charge in [-0.2, -0.15) is 0 Å². The summed E-state index contributed by atoms with van der Waals surface area (Å²) < 4.78 is 0. The Kier molecular flexibility index (Phi) is 3.86. The summed E-state index contributed by atoms with van der Waals surface area (Å²) >= 11 is 1.49. The molecule has 0 aliphatic rings. The molecule has 2 rings (SSSR count). The van der Waals surface area contributed by atoms with E-state index < -0.39 is 5.91 Å². The maximum atomic E-state index is 11.0. The summed E-state index contributed by atoms with van der Waals surface area (Å²) in [5.74, 6) is -0.633. The van der Waals surface area contributed by atoms with Crippen LogP contribution < -0.4 is 0 Å². The summed E-state index contributed by atoms with van der Waals surface area (Å²) in [5.41, 5.74) is 9.77. The lowest BCUT2D eigenvalue weighted by Gasteiger charge is -1.92. The highest BCUT2D eigenvalue weighted by molar-refractivity contribution is 7.13. The third-order valence-corrected chi connectivity index (χ3v) is 2.99. The fourth-order valence-electron chi connectivity index (χ4n) is 1.31. The Morgan fingerprint density at radius 1 is 1.39 bits per heavy atom. The van der Waals surface area contributed by atoms with E-state index in [-0.39, 0.29) is 0 Å². The minimum absolute atomic E-state index is 0.633. The topological polar surface area (TPSA) is 78.7 Å². The number of aromatic nitrogens is 1. The van der Waals surface area contributed by atoms with E-state index in [1.165, 1.54) is 23.5 Å². The Labute approximate surface area is 107 Å². The van der Waals surface area contributed by atoms with Crippen molar-refractivity contribution in [3.05, 3.63) is 57.9 Å². The molecule has 0 spiro atoms. The monoisotopic (exact) mass is 256 g/mol. The second-order valence-corrected chi connectivity index (χ2v) is 4.16. The SMILES string of the molecule is [N-]=[N+]=NC(=O)/C=C/c1csc(-c2ccccc2)n1. The van der Waals surface area contributed by atoms with Gasteiger partial charge in [-0.15, -0.1) is 11.3 Å². The number of carbonyl (C=O) groups excluding carboxylic acids is 1. The largest absolute Gasteiger partial charge is 0.288 e. The van der Waals surface area contributed by atoms with Crippen LogP contribution in [0, 0.1) is 0 Å². The molecule has 1 heterocycles. The summed E-state index contributed by atoms with van der Waals surface area (Å²) in [6.07, 6.45) is 2.73. The van der Waals surface area contributed by atoms with Gasteiger partial charge in [-0.1, -0.05) is 30.3 Å². The van der Waals surface area contributed by atoms with Crippen LogP contribution in [-0.4, -0.2) is 10.9 Å². The predicted octanol–water partition coefficient (Wildman–Crippen LogP) is 3.66. The average Bonchev–Trinajstić information content (AvgIpc) is 2.87. The van der Waals surface area contributed by atoms with Crippen molar-refractivity contribution in [1.29, 1.82) is 0 Å². The van der Waals surface area contributed by atoms with Crippen molar-refractivity contribution in [1.82, 2.24) is 4.98 Å². The number of carbonyl (C=O) groups is 1. The lowest BCUT2D eigenvalue weighted by Crippen LogP contribution is -1.82. The van der Waals surface area contributed by atoms with E-state index in [9.17, 15) is 4.79 Å². The van der Waals surface area contributed by atoms with Crippen LogP contribution in [0.4, 0.5) is 0 Å². The molecular formula is C12H8N4OS. The first kappa shape index (κ1) is 12.0. The van der Waals surface area contributed by atoms with Crippen molar-refractivity contribution in [2.24, 2.45) is 5.11 Å². The van der Waals surface area contributed by atoms with Crippen LogP contribution in [0.15, 0.2) is 46.9 Å². The molecule has 0 radical (unpaired) electrons. The highest BCUT2D eigenvalue weighted by atomic mass is 32.1. The quantitative estimate of drug-likeness (QED) is 0.363. The summed E-state index contributed by atoms with van der Waals surface area (Å²) in [4.78, 5) is 17.7.